The Kier molecular flexibility index (Phi) is 5.87. The van der Waals surface area contributed by atoms with Gasteiger partial charge in [0, 0.05) is 12.1 Å². The molecule has 2 aromatic rings. The van der Waals surface area contributed by atoms with E-state index in [1.165, 1.54) is 0 Å². The Morgan fingerprint density at radius 3 is 2.62 bits per heavy atom. The van der Waals surface area contributed by atoms with E-state index in [0.29, 0.717) is 18.8 Å². The molecule has 2 rings (SSSR count). The average Bonchev–Trinajstić information content (AvgIpc) is 2.85. The molecule has 0 unspecified atom stereocenters. The molecule has 114 valence electrons. The highest BCUT2D eigenvalue weighted by Crippen LogP contribution is 2.02. The highest BCUT2D eigenvalue weighted by atomic mass is 35.5. The fraction of sp³-hybridized carbons (Fsp3) is 0.357. The molecule has 0 aliphatic rings. The molecule has 0 radical (unpaired) electrons. The van der Waals surface area contributed by atoms with E-state index in [1.54, 1.807) is 10.9 Å². The van der Waals surface area contributed by atoms with Crippen LogP contribution in [0.2, 0.25) is 0 Å². The molecule has 0 fully saturated rings. The van der Waals surface area contributed by atoms with Crippen LogP contribution in [0.1, 0.15) is 29.9 Å². The number of hydrogen-bond acceptors (Lipinski definition) is 4. The molecule has 0 saturated heterocycles. The zero-order valence-corrected chi connectivity index (χ0v) is 12.9. The van der Waals surface area contributed by atoms with E-state index < -0.39 is 5.54 Å². The molecule has 0 bridgehead atoms. The molecule has 0 aliphatic carbocycles. The van der Waals surface area contributed by atoms with Crippen LogP contribution in [-0.4, -0.2) is 33.0 Å². The maximum Gasteiger partial charge on any atom is 0.273 e. The lowest BCUT2D eigenvalue weighted by Gasteiger charge is -2.18. The third-order valence-corrected chi connectivity index (χ3v) is 2.66. The van der Waals surface area contributed by atoms with Crippen LogP contribution >= 0.6 is 12.4 Å². The summed E-state index contributed by atoms with van der Waals surface area (Å²) in [6.07, 6.45) is 1.63. The number of carbonyl (C=O) groups is 1. The average molecular weight is 310 g/mol. The first-order valence-electron chi connectivity index (χ1n) is 6.45. The van der Waals surface area contributed by atoms with Crippen molar-refractivity contribution in [2.24, 2.45) is 5.73 Å². The number of amides is 1. The van der Waals surface area contributed by atoms with Crippen molar-refractivity contribution in [3.63, 3.8) is 0 Å². The van der Waals surface area contributed by atoms with E-state index in [9.17, 15) is 4.79 Å². The molecule has 3 N–H and O–H groups in total. The van der Waals surface area contributed by atoms with Gasteiger partial charge in [-0.3, -0.25) is 4.79 Å². The van der Waals surface area contributed by atoms with Crippen molar-refractivity contribution >= 4 is 18.3 Å². The van der Waals surface area contributed by atoms with Crippen LogP contribution in [0.5, 0.6) is 0 Å². The number of nitrogens with one attached hydrogen (secondary N) is 1. The highest BCUT2D eigenvalue weighted by Gasteiger charge is 2.15. The van der Waals surface area contributed by atoms with Crippen molar-refractivity contribution in [2.45, 2.75) is 25.9 Å². The maximum absolute atomic E-state index is 11.9. The van der Waals surface area contributed by atoms with Crippen LogP contribution in [-0.2, 0) is 6.54 Å². The van der Waals surface area contributed by atoms with Crippen LogP contribution < -0.4 is 11.1 Å². The van der Waals surface area contributed by atoms with E-state index in [0.717, 1.165) is 5.56 Å². The zero-order valence-electron chi connectivity index (χ0n) is 12.1. The Morgan fingerprint density at radius 2 is 2.00 bits per heavy atom. The van der Waals surface area contributed by atoms with E-state index in [1.807, 2.05) is 44.2 Å². The van der Waals surface area contributed by atoms with Gasteiger partial charge < -0.3 is 11.1 Å². The fourth-order valence-corrected chi connectivity index (χ4v) is 1.65. The monoisotopic (exact) mass is 309 g/mol. The van der Waals surface area contributed by atoms with Gasteiger partial charge in [0.05, 0.1) is 12.7 Å². The van der Waals surface area contributed by atoms with Gasteiger partial charge in [0.1, 0.15) is 0 Å². The molecule has 6 nitrogen and oxygen atoms in total. The summed E-state index contributed by atoms with van der Waals surface area (Å²) in [5.41, 5.74) is 6.77. The molecule has 0 aliphatic heterocycles. The molecule has 0 spiro atoms. The van der Waals surface area contributed by atoms with Crippen molar-refractivity contribution < 1.29 is 4.79 Å². The number of hydrogen-bond donors (Lipinski definition) is 2. The quantitative estimate of drug-likeness (QED) is 0.869. The largest absolute Gasteiger partial charge is 0.349 e. The summed E-state index contributed by atoms with van der Waals surface area (Å²) in [6, 6.07) is 9.88. The number of rotatable bonds is 5. The van der Waals surface area contributed by atoms with Gasteiger partial charge in [0.2, 0.25) is 0 Å². The Labute approximate surface area is 130 Å². The van der Waals surface area contributed by atoms with Crippen LogP contribution in [0.4, 0.5) is 0 Å². The van der Waals surface area contributed by atoms with Crippen molar-refractivity contribution in [2.75, 3.05) is 6.54 Å². The minimum atomic E-state index is -0.449. The van der Waals surface area contributed by atoms with Crippen LogP contribution in [0, 0.1) is 0 Å². The maximum atomic E-state index is 11.9. The van der Waals surface area contributed by atoms with Crippen molar-refractivity contribution in [3.05, 3.63) is 47.8 Å². The summed E-state index contributed by atoms with van der Waals surface area (Å²) in [5, 5.41) is 10.6. The van der Waals surface area contributed by atoms with Gasteiger partial charge in [-0.25, -0.2) is 4.68 Å². The first-order chi connectivity index (χ1) is 9.44. The second kappa shape index (κ2) is 7.19. The number of halogens is 1. The third kappa shape index (κ3) is 5.53. The molecule has 1 aromatic carbocycles. The van der Waals surface area contributed by atoms with Crippen molar-refractivity contribution in [1.82, 2.24) is 20.3 Å². The molecule has 0 saturated carbocycles. The second-order valence-electron chi connectivity index (χ2n) is 5.46. The van der Waals surface area contributed by atoms with Gasteiger partial charge in [0.15, 0.2) is 5.69 Å². The lowest BCUT2D eigenvalue weighted by Crippen LogP contribution is -2.45. The summed E-state index contributed by atoms with van der Waals surface area (Å²) < 4.78 is 1.64. The van der Waals surface area contributed by atoms with Crippen LogP contribution in [0.3, 0.4) is 0 Å². The smallest absolute Gasteiger partial charge is 0.273 e. The van der Waals surface area contributed by atoms with Crippen LogP contribution in [0.15, 0.2) is 36.5 Å². The Morgan fingerprint density at radius 1 is 1.33 bits per heavy atom. The molecule has 1 aromatic heterocycles. The molecule has 7 heteroatoms. The summed E-state index contributed by atoms with van der Waals surface area (Å²) in [4.78, 5) is 11.9. The Hall–Kier alpha value is -1.92. The fourth-order valence-electron chi connectivity index (χ4n) is 1.65. The van der Waals surface area contributed by atoms with E-state index in [-0.39, 0.29) is 18.3 Å². The normalized spacial score (nSPS) is 10.8. The minimum Gasteiger partial charge on any atom is -0.349 e. The highest BCUT2D eigenvalue weighted by molar-refractivity contribution is 5.91. The van der Waals surface area contributed by atoms with Gasteiger partial charge in [-0.2, -0.15) is 0 Å². The third-order valence-electron chi connectivity index (χ3n) is 2.66. The van der Waals surface area contributed by atoms with E-state index in [4.69, 9.17) is 5.73 Å². The van der Waals surface area contributed by atoms with Gasteiger partial charge in [-0.05, 0) is 19.4 Å². The molecule has 1 amide bonds. The number of benzene rings is 1. The number of aromatic nitrogens is 3. The standard InChI is InChI=1S/C14H19N5O.ClH/c1-14(2,15)10-16-13(20)12-9-19(18-17-12)8-11-6-4-3-5-7-11;/h3-7,9H,8,10,15H2,1-2H3,(H,16,20);1H. The number of nitrogens with two attached hydrogens (primary N) is 1. The van der Waals surface area contributed by atoms with Crippen molar-refractivity contribution in [1.29, 1.82) is 0 Å². The number of nitrogens with zero attached hydrogens (tertiary/aromatic N) is 3. The van der Waals surface area contributed by atoms with Gasteiger partial charge in [-0.1, -0.05) is 35.5 Å². The summed E-state index contributed by atoms with van der Waals surface area (Å²) in [5.74, 6) is -0.261. The number of carbonyl (C=O) groups excluding carboxylic acids is 1. The lowest BCUT2D eigenvalue weighted by atomic mass is 10.1. The first-order valence-corrected chi connectivity index (χ1v) is 6.45. The molecular formula is C14H20ClN5O. The molecule has 0 atom stereocenters. The van der Waals surface area contributed by atoms with Gasteiger partial charge >= 0.3 is 0 Å². The van der Waals surface area contributed by atoms with E-state index in [2.05, 4.69) is 15.6 Å². The Balaban J connectivity index is 0.00000220. The SMILES string of the molecule is CC(C)(N)CNC(=O)c1cn(Cc2ccccc2)nn1.Cl. The minimum absolute atomic E-state index is 0. The molecular weight excluding hydrogens is 290 g/mol. The topological polar surface area (TPSA) is 85.8 Å². The van der Waals surface area contributed by atoms with Crippen molar-refractivity contribution in [3.8, 4) is 0 Å². The Bertz CT molecular complexity index is 577. The van der Waals surface area contributed by atoms with Gasteiger partial charge in [0.25, 0.3) is 5.91 Å². The molecule has 21 heavy (non-hydrogen) atoms. The van der Waals surface area contributed by atoms with E-state index >= 15 is 0 Å². The summed E-state index contributed by atoms with van der Waals surface area (Å²) in [6.45, 7) is 4.67. The lowest BCUT2D eigenvalue weighted by molar-refractivity contribution is 0.0941. The van der Waals surface area contributed by atoms with Crippen LogP contribution in [0.25, 0.3) is 0 Å². The first kappa shape index (κ1) is 17.1. The predicted octanol–water partition coefficient (Wildman–Crippen LogP) is 1.22. The molecule has 1 heterocycles. The second-order valence-corrected chi connectivity index (χ2v) is 5.46. The van der Waals surface area contributed by atoms with Gasteiger partial charge in [-0.15, -0.1) is 17.5 Å². The summed E-state index contributed by atoms with van der Waals surface area (Å²) in [7, 11) is 0. The zero-order chi connectivity index (χ0) is 14.6. The predicted molar refractivity (Wildman–Crippen MR) is 83.4 cm³/mol. The summed E-state index contributed by atoms with van der Waals surface area (Å²) >= 11 is 0.